The molecule has 0 fully saturated rings. The monoisotopic (exact) mass is 312 g/mol. The van der Waals surface area contributed by atoms with Crippen LogP contribution in [0.25, 0.3) is 0 Å². The van der Waals surface area contributed by atoms with E-state index >= 15 is 0 Å². The van der Waals surface area contributed by atoms with Gasteiger partial charge in [-0.2, -0.15) is 4.31 Å². The summed E-state index contributed by atoms with van der Waals surface area (Å²) in [5.74, 6) is 0. The van der Waals surface area contributed by atoms with E-state index < -0.39 is 10.0 Å². The summed E-state index contributed by atoms with van der Waals surface area (Å²) >= 11 is 0. The molecular formula is C16H28N2O2S. The predicted molar refractivity (Wildman–Crippen MR) is 87.6 cm³/mol. The molecule has 0 aliphatic heterocycles. The van der Waals surface area contributed by atoms with Crippen LogP contribution in [0.4, 0.5) is 0 Å². The van der Waals surface area contributed by atoms with Crippen molar-refractivity contribution in [2.75, 3.05) is 6.54 Å². The minimum absolute atomic E-state index is 0.0468. The third-order valence-electron chi connectivity index (χ3n) is 3.71. The van der Waals surface area contributed by atoms with E-state index in [9.17, 15) is 8.42 Å². The summed E-state index contributed by atoms with van der Waals surface area (Å²) in [5, 5.41) is 0. The van der Waals surface area contributed by atoms with Gasteiger partial charge in [-0.15, -0.1) is 0 Å². The average molecular weight is 312 g/mol. The summed E-state index contributed by atoms with van der Waals surface area (Å²) < 4.78 is 27.3. The van der Waals surface area contributed by atoms with Gasteiger partial charge in [0.1, 0.15) is 0 Å². The molecule has 0 saturated carbocycles. The number of unbranched alkanes of at least 4 members (excludes halogenated alkanes) is 2. The molecule has 5 heteroatoms. The lowest BCUT2D eigenvalue weighted by Crippen LogP contribution is -2.37. The van der Waals surface area contributed by atoms with Gasteiger partial charge in [-0.25, -0.2) is 8.42 Å². The first-order chi connectivity index (χ1) is 9.84. The van der Waals surface area contributed by atoms with Crippen LogP contribution in [0.3, 0.4) is 0 Å². The number of nitrogens with two attached hydrogens (primary N) is 1. The van der Waals surface area contributed by atoms with Crippen molar-refractivity contribution in [3.8, 4) is 0 Å². The normalized spacial score (nSPS) is 12.3. The highest BCUT2D eigenvalue weighted by Gasteiger charge is 2.26. The van der Waals surface area contributed by atoms with Gasteiger partial charge in [-0.05, 0) is 50.5 Å². The van der Waals surface area contributed by atoms with E-state index in [1.165, 1.54) is 0 Å². The fourth-order valence-corrected chi connectivity index (χ4v) is 4.06. The molecule has 0 atom stereocenters. The van der Waals surface area contributed by atoms with Gasteiger partial charge in [0.25, 0.3) is 0 Å². The molecule has 0 heterocycles. The van der Waals surface area contributed by atoms with E-state index in [1.807, 2.05) is 26.8 Å². The molecule has 2 N–H and O–H groups in total. The Morgan fingerprint density at radius 1 is 1.24 bits per heavy atom. The Bertz CT molecular complexity index is 553. The Morgan fingerprint density at radius 2 is 1.90 bits per heavy atom. The zero-order valence-corrected chi connectivity index (χ0v) is 14.4. The minimum Gasteiger partial charge on any atom is -0.326 e. The number of rotatable bonds is 8. The highest BCUT2D eigenvalue weighted by Crippen LogP contribution is 2.22. The Morgan fingerprint density at radius 3 is 2.43 bits per heavy atom. The molecule has 0 aliphatic rings. The smallest absolute Gasteiger partial charge is 0.243 e. The lowest BCUT2D eigenvalue weighted by molar-refractivity contribution is 0.345. The fraction of sp³-hybridized carbons (Fsp3) is 0.625. The van der Waals surface area contributed by atoms with Crippen LogP contribution >= 0.6 is 0 Å². The van der Waals surface area contributed by atoms with Gasteiger partial charge < -0.3 is 5.73 Å². The summed E-state index contributed by atoms with van der Waals surface area (Å²) in [5.41, 5.74) is 7.60. The van der Waals surface area contributed by atoms with Crippen LogP contribution in [0.1, 0.15) is 51.2 Å². The first kappa shape index (κ1) is 18.1. The van der Waals surface area contributed by atoms with Crippen molar-refractivity contribution in [2.45, 2.75) is 64.4 Å². The molecule has 0 spiro atoms. The van der Waals surface area contributed by atoms with E-state index in [4.69, 9.17) is 5.73 Å². The second-order valence-electron chi connectivity index (χ2n) is 5.71. The fourth-order valence-electron chi connectivity index (χ4n) is 2.34. The second kappa shape index (κ2) is 7.92. The van der Waals surface area contributed by atoms with Crippen molar-refractivity contribution in [3.63, 3.8) is 0 Å². The summed E-state index contributed by atoms with van der Waals surface area (Å²) in [4.78, 5) is 0.346. The zero-order chi connectivity index (χ0) is 16.0. The summed E-state index contributed by atoms with van der Waals surface area (Å²) in [6.07, 6.45) is 3.01. The maximum absolute atomic E-state index is 12.8. The standard InChI is InChI=1S/C16H28N2O2S/c1-5-6-7-10-18(13(2)3)21(19,20)16-9-8-14(4)15(11-16)12-17/h8-9,11,13H,5-7,10,12,17H2,1-4H3. The third-order valence-corrected chi connectivity index (χ3v) is 5.78. The predicted octanol–water partition coefficient (Wildman–Crippen LogP) is 3.04. The summed E-state index contributed by atoms with van der Waals surface area (Å²) in [7, 11) is -3.45. The van der Waals surface area contributed by atoms with Gasteiger partial charge in [-0.3, -0.25) is 0 Å². The van der Waals surface area contributed by atoms with Crippen LogP contribution < -0.4 is 5.73 Å². The lowest BCUT2D eigenvalue weighted by atomic mass is 10.1. The third kappa shape index (κ3) is 4.53. The largest absolute Gasteiger partial charge is 0.326 e. The molecule has 1 aromatic carbocycles. The Kier molecular flexibility index (Phi) is 6.84. The molecule has 0 aromatic heterocycles. The van der Waals surface area contributed by atoms with E-state index in [0.717, 1.165) is 30.4 Å². The number of sulfonamides is 1. The van der Waals surface area contributed by atoms with Gasteiger partial charge >= 0.3 is 0 Å². The molecular weight excluding hydrogens is 284 g/mol. The van der Waals surface area contributed by atoms with Gasteiger partial charge in [-0.1, -0.05) is 25.8 Å². The Hall–Kier alpha value is -0.910. The molecule has 0 unspecified atom stereocenters. The van der Waals surface area contributed by atoms with Crippen molar-refractivity contribution < 1.29 is 8.42 Å². The number of hydrogen-bond acceptors (Lipinski definition) is 3. The maximum atomic E-state index is 12.8. The molecule has 0 amide bonds. The second-order valence-corrected chi connectivity index (χ2v) is 7.60. The van der Waals surface area contributed by atoms with Gasteiger partial charge in [0, 0.05) is 19.1 Å². The molecule has 4 nitrogen and oxygen atoms in total. The molecule has 1 rings (SSSR count). The number of hydrogen-bond donors (Lipinski definition) is 1. The van der Waals surface area contributed by atoms with Crippen LogP contribution in [0.2, 0.25) is 0 Å². The maximum Gasteiger partial charge on any atom is 0.243 e. The lowest BCUT2D eigenvalue weighted by Gasteiger charge is -2.26. The van der Waals surface area contributed by atoms with Gasteiger partial charge in [0.2, 0.25) is 10.0 Å². The molecule has 21 heavy (non-hydrogen) atoms. The summed E-state index contributed by atoms with van der Waals surface area (Å²) in [6, 6.07) is 5.17. The SMILES string of the molecule is CCCCCN(C(C)C)S(=O)(=O)c1ccc(C)c(CN)c1. The van der Waals surface area contributed by atoms with Crippen molar-refractivity contribution in [2.24, 2.45) is 5.73 Å². The van der Waals surface area contributed by atoms with E-state index in [-0.39, 0.29) is 6.04 Å². The Balaban J connectivity index is 3.10. The first-order valence-corrected chi connectivity index (χ1v) is 9.10. The Labute approximate surface area is 129 Å². The van der Waals surface area contributed by atoms with Crippen LogP contribution in [0.5, 0.6) is 0 Å². The van der Waals surface area contributed by atoms with Crippen molar-refractivity contribution >= 4 is 10.0 Å². The van der Waals surface area contributed by atoms with E-state index in [2.05, 4.69) is 6.92 Å². The van der Waals surface area contributed by atoms with Crippen molar-refractivity contribution in [1.29, 1.82) is 0 Å². The number of aryl methyl sites for hydroxylation is 1. The first-order valence-electron chi connectivity index (χ1n) is 7.66. The molecule has 120 valence electrons. The van der Waals surface area contributed by atoms with Crippen LogP contribution in [0.15, 0.2) is 23.1 Å². The van der Waals surface area contributed by atoms with Gasteiger partial charge in [0.05, 0.1) is 4.90 Å². The quantitative estimate of drug-likeness (QED) is 0.750. The molecule has 0 bridgehead atoms. The van der Waals surface area contributed by atoms with E-state index in [1.54, 1.807) is 16.4 Å². The van der Waals surface area contributed by atoms with Crippen LogP contribution in [-0.2, 0) is 16.6 Å². The molecule has 0 aliphatic carbocycles. The summed E-state index contributed by atoms with van der Waals surface area (Å²) in [6.45, 7) is 8.82. The van der Waals surface area contributed by atoms with Crippen molar-refractivity contribution in [3.05, 3.63) is 29.3 Å². The molecule has 0 radical (unpaired) electrons. The number of benzene rings is 1. The van der Waals surface area contributed by atoms with Gasteiger partial charge in [0.15, 0.2) is 0 Å². The highest BCUT2D eigenvalue weighted by molar-refractivity contribution is 7.89. The van der Waals surface area contributed by atoms with E-state index in [0.29, 0.717) is 18.0 Å². The average Bonchev–Trinajstić information content (AvgIpc) is 2.43. The topological polar surface area (TPSA) is 63.4 Å². The minimum atomic E-state index is -3.45. The molecule has 0 saturated heterocycles. The van der Waals surface area contributed by atoms with Crippen LogP contribution in [-0.4, -0.2) is 25.3 Å². The highest BCUT2D eigenvalue weighted by atomic mass is 32.2. The zero-order valence-electron chi connectivity index (χ0n) is 13.6. The van der Waals surface area contributed by atoms with Crippen molar-refractivity contribution in [1.82, 2.24) is 4.31 Å². The van der Waals surface area contributed by atoms with Crippen LogP contribution in [0, 0.1) is 6.92 Å². The molecule has 1 aromatic rings. The number of nitrogens with zero attached hydrogens (tertiary/aromatic N) is 1.